The summed E-state index contributed by atoms with van der Waals surface area (Å²) in [5.41, 5.74) is 3.20. The molecule has 0 saturated carbocycles. The number of hydrogen-bond acceptors (Lipinski definition) is 5. The SMILES string of the molecule is Cc1ccc(CN2C(=O)N/C(=C/c3cc(Cl)c(OCc4ccc([N+](=O)[O-])cc4)c(Cl)c3)C2=O)cc1. The Morgan fingerprint density at radius 3 is 2.20 bits per heavy atom. The van der Waals surface area contributed by atoms with Crippen LogP contribution in [0.5, 0.6) is 5.75 Å². The predicted octanol–water partition coefficient (Wildman–Crippen LogP) is 5.88. The molecule has 0 radical (unpaired) electrons. The molecule has 1 aliphatic rings. The zero-order valence-corrected chi connectivity index (χ0v) is 20.0. The molecule has 0 bridgehead atoms. The van der Waals surface area contributed by atoms with E-state index in [1.54, 1.807) is 24.3 Å². The van der Waals surface area contributed by atoms with Gasteiger partial charge in [-0.15, -0.1) is 0 Å². The van der Waals surface area contributed by atoms with Gasteiger partial charge in [0.05, 0.1) is 21.5 Å². The fourth-order valence-electron chi connectivity index (χ4n) is 3.43. The van der Waals surface area contributed by atoms with Crippen LogP contribution < -0.4 is 10.1 Å². The molecule has 35 heavy (non-hydrogen) atoms. The van der Waals surface area contributed by atoms with E-state index in [9.17, 15) is 19.7 Å². The van der Waals surface area contributed by atoms with Crippen LogP contribution in [0, 0.1) is 17.0 Å². The van der Waals surface area contributed by atoms with Crippen LogP contribution in [0.1, 0.15) is 22.3 Å². The van der Waals surface area contributed by atoms with Gasteiger partial charge in [0, 0.05) is 12.1 Å². The molecular weight excluding hydrogens is 493 g/mol. The zero-order chi connectivity index (χ0) is 25.1. The number of carbonyl (C=O) groups excluding carboxylic acids is 2. The number of nitro benzene ring substituents is 1. The smallest absolute Gasteiger partial charge is 0.329 e. The van der Waals surface area contributed by atoms with Crippen LogP contribution in [0.15, 0.2) is 66.4 Å². The van der Waals surface area contributed by atoms with Crippen molar-refractivity contribution in [1.82, 2.24) is 10.2 Å². The normalized spacial score (nSPS) is 14.4. The maximum atomic E-state index is 12.8. The average molecular weight is 512 g/mol. The second kappa shape index (κ2) is 10.2. The second-order valence-corrected chi connectivity index (χ2v) is 8.71. The van der Waals surface area contributed by atoms with E-state index in [0.717, 1.165) is 16.0 Å². The molecule has 1 fully saturated rings. The largest absolute Gasteiger partial charge is 0.486 e. The summed E-state index contributed by atoms with van der Waals surface area (Å²) in [5.74, 6) is -0.224. The van der Waals surface area contributed by atoms with Crippen LogP contribution >= 0.6 is 23.2 Å². The number of halogens is 2. The van der Waals surface area contributed by atoms with E-state index < -0.39 is 16.9 Å². The Labute approximate surface area is 210 Å². The summed E-state index contributed by atoms with van der Waals surface area (Å²) in [7, 11) is 0. The Bertz CT molecular complexity index is 1320. The molecule has 3 amide bonds. The molecule has 0 aromatic heterocycles. The lowest BCUT2D eigenvalue weighted by atomic mass is 10.1. The van der Waals surface area contributed by atoms with E-state index in [-0.39, 0.29) is 40.3 Å². The van der Waals surface area contributed by atoms with Crippen molar-refractivity contribution in [2.75, 3.05) is 0 Å². The van der Waals surface area contributed by atoms with E-state index in [4.69, 9.17) is 27.9 Å². The Hall–Kier alpha value is -3.88. The van der Waals surface area contributed by atoms with Crippen molar-refractivity contribution in [2.24, 2.45) is 0 Å². The Balaban J connectivity index is 1.47. The van der Waals surface area contributed by atoms with E-state index in [1.165, 1.54) is 18.2 Å². The number of urea groups is 1. The maximum Gasteiger partial charge on any atom is 0.329 e. The molecule has 3 aromatic carbocycles. The maximum absolute atomic E-state index is 12.8. The molecule has 0 unspecified atom stereocenters. The summed E-state index contributed by atoms with van der Waals surface area (Å²) in [4.78, 5) is 36.6. The minimum Gasteiger partial charge on any atom is -0.486 e. The number of nitro groups is 1. The van der Waals surface area contributed by atoms with Gasteiger partial charge in [-0.25, -0.2) is 4.79 Å². The number of nitrogens with one attached hydrogen (secondary N) is 1. The van der Waals surface area contributed by atoms with Gasteiger partial charge in [-0.05, 0) is 54.0 Å². The minimum atomic E-state index is -0.512. The number of ether oxygens (including phenoxy) is 1. The van der Waals surface area contributed by atoms with Crippen LogP contribution in [0.4, 0.5) is 10.5 Å². The first-order valence-electron chi connectivity index (χ1n) is 10.5. The van der Waals surface area contributed by atoms with Crippen LogP contribution in [0.25, 0.3) is 6.08 Å². The number of hydrogen-bond donors (Lipinski definition) is 1. The van der Waals surface area contributed by atoms with Crippen molar-refractivity contribution in [3.63, 3.8) is 0 Å². The van der Waals surface area contributed by atoms with Gasteiger partial charge in [-0.3, -0.25) is 19.8 Å². The standard InChI is InChI=1S/C25H19Cl2N3O5/c1-15-2-4-16(5-3-15)13-29-24(31)22(28-25(29)32)12-18-10-20(26)23(21(27)11-18)35-14-17-6-8-19(9-7-17)30(33)34/h2-12H,13-14H2,1H3,(H,28,32)/b22-12+. The molecule has 0 atom stereocenters. The van der Waals surface area contributed by atoms with Gasteiger partial charge in [-0.1, -0.05) is 53.0 Å². The predicted molar refractivity (Wildman–Crippen MR) is 132 cm³/mol. The molecule has 4 rings (SSSR count). The molecule has 1 aliphatic heterocycles. The van der Waals surface area contributed by atoms with E-state index >= 15 is 0 Å². The number of aryl methyl sites for hydroxylation is 1. The number of amides is 3. The highest BCUT2D eigenvalue weighted by atomic mass is 35.5. The summed E-state index contributed by atoms with van der Waals surface area (Å²) in [6, 6.07) is 16.1. The second-order valence-electron chi connectivity index (χ2n) is 7.89. The third kappa shape index (κ3) is 5.62. The first-order chi connectivity index (χ1) is 16.7. The lowest BCUT2D eigenvalue weighted by Crippen LogP contribution is -2.30. The van der Waals surface area contributed by atoms with Gasteiger partial charge in [0.25, 0.3) is 11.6 Å². The molecule has 178 valence electrons. The van der Waals surface area contributed by atoms with Crippen LogP contribution in [-0.4, -0.2) is 21.8 Å². The third-order valence-electron chi connectivity index (χ3n) is 5.29. The molecule has 8 nitrogen and oxygen atoms in total. The fraction of sp³-hybridized carbons (Fsp3) is 0.120. The summed E-state index contributed by atoms with van der Waals surface area (Å²) >= 11 is 12.7. The average Bonchev–Trinajstić information content (AvgIpc) is 3.07. The summed E-state index contributed by atoms with van der Waals surface area (Å²) < 4.78 is 5.71. The zero-order valence-electron chi connectivity index (χ0n) is 18.5. The molecular formula is C25H19Cl2N3O5. The quantitative estimate of drug-likeness (QED) is 0.184. The number of non-ortho nitro benzene ring substituents is 1. The number of nitrogens with zero attached hydrogens (tertiary/aromatic N) is 2. The molecule has 10 heteroatoms. The van der Waals surface area contributed by atoms with Crippen LogP contribution in [0.3, 0.4) is 0 Å². The summed E-state index contributed by atoms with van der Waals surface area (Å²) in [6.45, 7) is 2.21. The van der Waals surface area contributed by atoms with Crippen molar-refractivity contribution in [2.45, 2.75) is 20.1 Å². The number of benzene rings is 3. The number of rotatable bonds is 7. The van der Waals surface area contributed by atoms with E-state index in [1.807, 2.05) is 31.2 Å². The molecule has 0 spiro atoms. The van der Waals surface area contributed by atoms with Gasteiger partial charge in [-0.2, -0.15) is 0 Å². The van der Waals surface area contributed by atoms with Crippen molar-refractivity contribution >= 4 is 46.9 Å². The highest BCUT2D eigenvalue weighted by Crippen LogP contribution is 2.35. The van der Waals surface area contributed by atoms with Crippen molar-refractivity contribution in [1.29, 1.82) is 0 Å². The summed E-state index contributed by atoms with van der Waals surface area (Å²) in [5, 5.41) is 13.8. The topological polar surface area (TPSA) is 102 Å². The van der Waals surface area contributed by atoms with Gasteiger partial charge in [0.2, 0.25) is 0 Å². The van der Waals surface area contributed by atoms with Gasteiger partial charge >= 0.3 is 6.03 Å². The third-order valence-corrected chi connectivity index (χ3v) is 5.85. The highest BCUT2D eigenvalue weighted by molar-refractivity contribution is 6.37. The van der Waals surface area contributed by atoms with Gasteiger partial charge in [0.15, 0.2) is 5.75 Å². The van der Waals surface area contributed by atoms with Crippen molar-refractivity contribution < 1.29 is 19.2 Å². The minimum absolute atomic E-state index is 0.0202. The molecule has 1 saturated heterocycles. The first kappa shape index (κ1) is 24.3. The first-order valence-corrected chi connectivity index (χ1v) is 11.2. The van der Waals surface area contributed by atoms with Crippen molar-refractivity contribution in [3.05, 3.63) is 109 Å². The van der Waals surface area contributed by atoms with Crippen molar-refractivity contribution in [3.8, 4) is 5.75 Å². The van der Waals surface area contributed by atoms with Crippen LogP contribution in [0.2, 0.25) is 10.0 Å². The lowest BCUT2D eigenvalue weighted by Gasteiger charge is -2.12. The van der Waals surface area contributed by atoms with E-state index in [0.29, 0.717) is 11.1 Å². The Kier molecular flexibility index (Phi) is 7.04. The monoisotopic (exact) mass is 511 g/mol. The van der Waals surface area contributed by atoms with E-state index in [2.05, 4.69) is 5.32 Å². The molecule has 1 heterocycles. The lowest BCUT2D eigenvalue weighted by molar-refractivity contribution is -0.384. The van der Waals surface area contributed by atoms with Gasteiger partial charge < -0.3 is 10.1 Å². The summed E-state index contributed by atoms with van der Waals surface area (Å²) in [6.07, 6.45) is 1.49. The van der Waals surface area contributed by atoms with Crippen LogP contribution in [-0.2, 0) is 17.9 Å². The number of carbonyl (C=O) groups is 2. The Morgan fingerprint density at radius 1 is 1.00 bits per heavy atom. The Morgan fingerprint density at radius 2 is 1.60 bits per heavy atom. The molecule has 3 aromatic rings. The molecule has 0 aliphatic carbocycles. The van der Waals surface area contributed by atoms with Gasteiger partial charge in [0.1, 0.15) is 12.3 Å². The fourth-order valence-corrected chi connectivity index (χ4v) is 4.04. The highest BCUT2D eigenvalue weighted by Gasteiger charge is 2.33. The molecule has 1 N–H and O–H groups in total. The number of imide groups is 1.